The molecule has 0 heterocycles. The molecule has 0 amide bonds. The van der Waals surface area contributed by atoms with Crippen LogP contribution in [0.1, 0.15) is 18.1 Å². The Hall–Kier alpha value is -1.39. The molecule has 21 heavy (non-hydrogen) atoms. The van der Waals surface area contributed by atoms with Gasteiger partial charge in [0.2, 0.25) is 0 Å². The Morgan fingerprint density at radius 2 is 1.81 bits per heavy atom. The van der Waals surface area contributed by atoms with E-state index in [1.54, 1.807) is 32.2 Å². The number of hydrogen-bond acceptors (Lipinski definition) is 2. The van der Waals surface area contributed by atoms with Crippen molar-refractivity contribution in [3.05, 3.63) is 63.9 Å². The first kappa shape index (κ1) is 16.0. The van der Waals surface area contributed by atoms with Crippen molar-refractivity contribution >= 4 is 15.9 Å². The number of hydrogen-bond donors (Lipinski definition) is 1. The fourth-order valence-corrected chi connectivity index (χ4v) is 2.73. The van der Waals surface area contributed by atoms with Gasteiger partial charge in [0.05, 0.1) is 12.7 Å². The molecule has 0 aromatic heterocycles. The summed E-state index contributed by atoms with van der Waals surface area (Å²) in [6.45, 7) is 1.71. The molecule has 0 aliphatic heterocycles. The molecule has 1 atom stereocenters. The van der Waals surface area contributed by atoms with Crippen LogP contribution in [0.5, 0.6) is 5.75 Å². The van der Waals surface area contributed by atoms with Gasteiger partial charge >= 0.3 is 0 Å². The predicted octanol–water partition coefficient (Wildman–Crippen LogP) is 4.13. The van der Waals surface area contributed by atoms with Crippen LogP contribution in [0.25, 0.3) is 0 Å². The highest BCUT2D eigenvalue weighted by Gasteiger charge is 2.24. The Morgan fingerprint density at radius 3 is 2.48 bits per heavy atom. The molecule has 0 spiro atoms. The molecule has 0 aliphatic carbocycles. The summed E-state index contributed by atoms with van der Waals surface area (Å²) in [4.78, 5) is 0. The zero-order chi connectivity index (χ0) is 15.5. The third-order valence-corrected chi connectivity index (χ3v) is 4.13. The smallest absolute Gasteiger partial charge is 0.126 e. The molecule has 4 heteroatoms. The second-order valence-corrected chi connectivity index (χ2v) is 6.25. The van der Waals surface area contributed by atoms with Crippen LogP contribution in [-0.2, 0) is 12.8 Å². The highest BCUT2D eigenvalue weighted by molar-refractivity contribution is 9.10. The molecule has 0 aliphatic rings. The van der Waals surface area contributed by atoms with Crippen LogP contribution < -0.4 is 4.74 Å². The maximum atomic E-state index is 13.7. The summed E-state index contributed by atoms with van der Waals surface area (Å²) in [6.07, 6.45) is 0.655. The lowest BCUT2D eigenvalue weighted by molar-refractivity contribution is 0.0597. The average Bonchev–Trinajstić information content (AvgIpc) is 2.43. The molecule has 0 saturated carbocycles. The fourth-order valence-electron chi connectivity index (χ4n) is 2.34. The predicted molar refractivity (Wildman–Crippen MR) is 85.1 cm³/mol. The topological polar surface area (TPSA) is 29.5 Å². The van der Waals surface area contributed by atoms with E-state index in [4.69, 9.17) is 4.74 Å². The lowest BCUT2D eigenvalue weighted by atomic mass is 9.89. The molecular weight excluding hydrogens is 335 g/mol. The van der Waals surface area contributed by atoms with E-state index in [1.165, 1.54) is 6.07 Å². The highest BCUT2D eigenvalue weighted by Crippen LogP contribution is 2.28. The maximum absolute atomic E-state index is 13.7. The average molecular weight is 353 g/mol. The summed E-state index contributed by atoms with van der Waals surface area (Å²) in [5.41, 5.74) is 0.397. The van der Waals surface area contributed by atoms with Gasteiger partial charge < -0.3 is 9.84 Å². The van der Waals surface area contributed by atoms with Crippen molar-refractivity contribution < 1.29 is 14.2 Å². The van der Waals surface area contributed by atoms with Crippen LogP contribution in [0.15, 0.2) is 46.9 Å². The Bertz CT molecular complexity index is 626. The summed E-state index contributed by atoms with van der Waals surface area (Å²) in [6, 6.07) is 12.1. The fraction of sp³-hybridized carbons (Fsp3) is 0.294. The van der Waals surface area contributed by atoms with Crippen molar-refractivity contribution in [2.24, 2.45) is 0 Å². The molecule has 0 bridgehead atoms. The molecule has 2 aromatic carbocycles. The lowest BCUT2D eigenvalue weighted by Gasteiger charge is -2.24. The summed E-state index contributed by atoms with van der Waals surface area (Å²) in [7, 11) is 1.60. The third-order valence-electron chi connectivity index (χ3n) is 3.35. The highest BCUT2D eigenvalue weighted by atomic mass is 79.9. The zero-order valence-electron chi connectivity index (χ0n) is 12.1. The van der Waals surface area contributed by atoms with Gasteiger partial charge in [0.25, 0.3) is 0 Å². The SMILES string of the molecule is COc1ccc(Br)c(CC(C)(O)Cc2ccccc2F)c1. The van der Waals surface area contributed by atoms with Crippen molar-refractivity contribution in [1.82, 2.24) is 0 Å². The van der Waals surface area contributed by atoms with Gasteiger partial charge in [-0.15, -0.1) is 0 Å². The van der Waals surface area contributed by atoms with Gasteiger partial charge in [-0.3, -0.25) is 0 Å². The van der Waals surface area contributed by atoms with Crippen molar-refractivity contribution in [3.63, 3.8) is 0 Å². The molecular formula is C17H18BrFO2. The number of halogens is 2. The first-order valence-electron chi connectivity index (χ1n) is 6.69. The van der Waals surface area contributed by atoms with Crippen molar-refractivity contribution in [1.29, 1.82) is 0 Å². The summed E-state index contributed by atoms with van der Waals surface area (Å²) < 4.78 is 19.8. The van der Waals surface area contributed by atoms with E-state index in [-0.39, 0.29) is 12.2 Å². The Kier molecular flexibility index (Phi) is 5.01. The van der Waals surface area contributed by atoms with Gasteiger partial charge in [-0.1, -0.05) is 34.1 Å². The van der Waals surface area contributed by atoms with Crippen molar-refractivity contribution in [2.45, 2.75) is 25.4 Å². The van der Waals surface area contributed by atoms with Gasteiger partial charge in [-0.05, 0) is 42.3 Å². The first-order valence-corrected chi connectivity index (χ1v) is 7.49. The summed E-state index contributed by atoms with van der Waals surface area (Å²) >= 11 is 3.47. The number of rotatable bonds is 5. The number of methoxy groups -OCH3 is 1. The Balaban J connectivity index is 2.19. The van der Waals surface area contributed by atoms with E-state index in [1.807, 2.05) is 18.2 Å². The molecule has 0 fully saturated rings. The van der Waals surface area contributed by atoms with Gasteiger partial charge in [0.1, 0.15) is 11.6 Å². The second-order valence-electron chi connectivity index (χ2n) is 5.40. The monoisotopic (exact) mass is 352 g/mol. The van der Waals surface area contributed by atoms with E-state index < -0.39 is 5.60 Å². The minimum atomic E-state index is -1.04. The van der Waals surface area contributed by atoms with E-state index in [0.29, 0.717) is 12.0 Å². The second kappa shape index (κ2) is 6.58. The number of ether oxygens (including phenoxy) is 1. The number of aliphatic hydroxyl groups is 1. The first-order chi connectivity index (χ1) is 9.91. The van der Waals surface area contributed by atoms with Crippen LogP contribution in [0.3, 0.4) is 0 Å². The van der Waals surface area contributed by atoms with E-state index >= 15 is 0 Å². The minimum Gasteiger partial charge on any atom is -0.497 e. The zero-order valence-corrected chi connectivity index (χ0v) is 13.7. The minimum absolute atomic E-state index is 0.253. The van der Waals surface area contributed by atoms with Crippen LogP contribution in [0.2, 0.25) is 0 Å². The van der Waals surface area contributed by atoms with E-state index in [0.717, 1.165) is 15.8 Å². The molecule has 2 rings (SSSR count). The summed E-state index contributed by atoms with van der Waals surface area (Å²) in [5, 5.41) is 10.6. The van der Waals surface area contributed by atoms with E-state index in [9.17, 15) is 9.50 Å². The molecule has 2 nitrogen and oxygen atoms in total. The number of benzene rings is 2. The standard InChI is InChI=1S/C17H18BrFO2/c1-17(20,10-12-5-3-4-6-16(12)19)11-13-9-14(21-2)7-8-15(13)18/h3-9,20H,10-11H2,1-2H3. The molecule has 0 radical (unpaired) electrons. The van der Waals surface area contributed by atoms with Crippen LogP contribution in [0.4, 0.5) is 4.39 Å². The van der Waals surface area contributed by atoms with Crippen LogP contribution in [0, 0.1) is 5.82 Å². The Morgan fingerprint density at radius 1 is 1.14 bits per heavy atom. The molecule has 112 valence electrons. The van der Waals surface area contributed by atoms with E-state index in [2.05, 4.69) is 15.9 Å². The third kappa shape index (κ3) is 4.29. The lowest BCUT2D eigenvalue weighted by Crippen LogP contribution is -2.30. The molecule has 1 unspecified atom stereocenters. The molecule has 2 aromatic rings. The Labute approximate surface area is 132 Å². The largest absolute Gasteiger partial charge is 0.497 e. The van der Waals surface area contributed by atoms with Gasteiger partial charge in [0.15, 0.2) is 0 Å². The van der Waals surface area contributed by atoms with Gasteiger partial charge in [0, 0.05) is 17.3 Å². The molecule has 0 saturated heterocycles. The maximum Gasteiger partial charge on any atom is 0.126 e. The summed E-state index contributed by atoms with van der Waals surface area (Å²) in [5.74, 6) is 0.442. The van der Waals surface area contributed by atoms with Crippen LogP contribution >= 0.6 is 15.9 Å². The van der Waals surface area contributed by atoms with Gasteiger partial charge in [-0.25, -0.2) is 4.39 Å². The van der Waals surface area contributed by atoms with Gasteiger partial charge in [-0.2, -0.15) is 0 Å². The quantitative estimate of drug-likeness (QED) is 0.876. The van der Waals surface area contributed by atoms with Crippen LogP contribution in [-0.4, -0.2) is 17.8 Å². The van der Waals surface area contributed by atoms with Crippen molar-refractivity contribution in [3.8, 4) is 5.75 Å². The normalized spacial score (nSPS) is 13.8. The van der Waals surface area contributed by atoms with Crippen molar-refractivity contribution in [2.75, 3.05) is 7.11 Å². The molecule has 1 N–H and O–H groups in total.